The summed E-state index contributed by atoms with van der Waals surface area (Å²) >= 11 is 0. The van der Waals surface area contributed by atoms with Crippen LogP contribution in [0.4, 0.5) is 5.69 Å². The van der Waals surface area contributed by atoms with Gasteiger partial charge in [0.15, 0.2) is 0 Å². The SMILES string of the molecule is CCCc1ccc(C(=O)NC(C)c2ccc3c(c2)CCN3C(=O)C2CCOCC2)cc1. The summed E-state index contributed by atoms with van der Waals surface area (Å²) in [6.45, 7) is 6.24. The summed E-state index contributed by atoms with van der Waals surface area (Å²) in [6, 6.07) is 14.0. The smallest absolute Gasteiger partial charge is 0.251 e. The molecule has 0 spiro atoms. The molecule has 31 heavy (non-hydrogen) atoms. The number of amides is 2. The van der Waals surface area contributed by atoms with E-state index < -0.39 is 0 Å². The van der Waals surface area contributed by atoms with Crippen molar-refractivity contribution in [2.45, 2.75) is 52.0 Å². The van der Waals surface area contributed by atoms with Crippen molar-refractivity contribution in [3.8, 4) is 0 Å². The highest BCUT2D eigenvalue weighted by Crippen LogP contribution is 2.33. The van der Waals surface area contributed by atoms with Gasteiger partial charge in [-0.3, -0.25) is 9.59 Å². The zero-order chi connectivity index (χ0) is 21.8. The topological polar surface area (TPSA) is 58.6 Å². The second kappa shape index (κ2) is 9.65. The van der Waals surface area contributed by atoms with Gasteiger partial charge in [-0.15, -0.1) is 0 Å². The zero-order valence-electron chi connectivity index (χ0n) is 18.5. The Labute approximate surface area is 184 Å². The maximum absolute atomic E-state index is 13.0. The molecule has 0 saturated carbocycles. The van der Waals surface area contributed by atoms with Gasteiger partial charge in [-0.1, -0.05) is 37.6 Å². The highest BCUT2D eigenvalue weighted by molar-refractivity contribution is 5.97. The Balaban J connectivity index is 1.41. The van der Waals surface area contributed by atoms with E-state index in [-0.39, 0.29) is 23.8 Å². The lowest BCUT2D eigenvalue weighted by molar-refractivity contribution is -0.125. The average molecular weight is 421 g/mol. The Kier molecular flexibility index (Phi) is 6.71. The number of anilines is 1. The molecule has 2 aromatic carbocycles. The van der Waals surface area contributed by atoms with Gasteiger partial charge in [0.05, 0.1) is 6.04 Å². The van der Waals surface area contributed by atoms with Gasteiger partial charge in [0.1, 0.15) is 0 Å². The summed E-state index contributed by atoms with van der Waals surface area (Å²) in [5, 5.41) is 3.11. The maximum Gasteiger partial charge on any atom is 0.251 e. The summed E-state index contributed by atoms with van der Waals surface area (Å²) in [5.74, 6) is 0.233. The molecule has 0 radical (unpaired) electrons. The lowest BCUT2D eigenvalue weighted by Gasteiger charge is -2.27. The molecule has 0 aromatic heterocycles. The summed E-state index contributed by atoms with van der Waals surface area (Å²) in [5.41, 5.74) is 5.20. The predicted molar refractivity (Wildman–Crippen MR) is 122 cm³/mol. The second-order valence-corrected chi connectivity index (χ2v) is 8.66. The zero-order valence-corrected chi connectivity index (χ0v) is 18.5. The number of fused-ring (bicyclic) bond motifs is 1. The first-order valence-electron chi connectivity index (χ1n) is 11.5. The van der Waals surface area contributed by atoms with Gasteiger partial charge in [0.25, 0.3) is 5.91 Å². The summed E-state index contributed by atoms with van der Waals surface area (Å²) < 4.78 is 5.40. The standard InChI is InChI=1S/C26H32N2O3/c1-3-4-19-5-7-20(8-6-19)25(29)27-18(2)22-9-10-24-23(17-22)11-14-28(24)26(30)21-12-15-31-16-13-21/h5-10,17-18,21H,3-4,11-16H2,1-2H3,(H,27,29). The van der Waals surface area contributed by atoms with Crippen molar-refractivity contribution in [1.29, 1.82) is 0 Å². The van der Waals surface area contributed by atoms with Gasteiger partial charge >= 0.3 is 0 Å². The molecule has 2 aromatic rings. The third kappa shape index (κ3) is 4.82. The number of hydrogen-bond donors (Lipinski definition) is 1. The minimum atomic E-state index is -0.103. The van der Waals surface area contributed by atoms with Crippen LogP contribution in [0.15, 0.2) is 42.5 Å². The Morgan fingerprint density at radius 2 is 1.87 bits per heavy atom. The average Bonchev–Trinajstić information content (AvgIpc) is 3.23. The van der Waals surface area contributed by atoms with Crippen LogP contribution in [-0.4, -0.2) is 31.6 Å². The Bertz CT molecular complexity index is 932. The first-order valence-corrected chi connectivity index (χ1v) is 11.5. The van der Waals surface area contributed by atoms with Crippen molar-refractivity contribution in [1.82, 2.24) is 5.32 Å². The fourth-order valence-electron chi connectivity index (χ4n) is 4.56. The summed E-state index contributed by atoms with van der Waals surface area (Å²) in [6.07, 6.45) is 4.61. The quantitative estimate of drug-likeness (QED) is 0.751. The molecular formula is C26H32N2O3. The van der Waals surface area contributed by atoms with Gasteiger partial charge in [0.2, 0.25) is 5.91 Å². The van der Waals surface area contributed by atoms with E-state index in [9.17, 15) is 9.59 Å². The van der Waals surface area contributed by atoms with Crippen LogP contribution < -0.4 is 10.2 Å². The third-order valence-corrected chi connectivity index (χ3v) is 6.44. The van der Waals surface area contributed by atoms with Crippen LogP contribution in [0.1, 0.15) is 66.2 Å². The van der Waals surface area contributed by atoms with Crippen molar-refractivity contribution in [3.63, 3.8) is 0 Å². The van der Waals surface area contributed by atoms with Gasteiger partial charge in [-0.2, -0.15) is 0 Å². The molecular weight excluding hydrogens is 388 g/mol. The molecule has 1 N–H and O–H groups in total. The van der Waals surface area contributed by atoms with E-state index in [1.807, 2.05) is 48.2 Å². The first kappa shape index (κ1) is 21.6. The third-order valence-electron chi connectivity index (χ3n) is 6.44. The highest BCUT2D eigenvalue weighted by Gasteiger charge is 2.31. The highest BCUT2D eigenvalue weighted by atomic mass is 16.5. The number of hydrogen-bond acceptors (Lipinski definition) is 3. The van der Waals surface area contributed by atoms with E-state index in [1.165, 1.54) is 11.1 Å². The van der Waals surface area contributed by atoms with Crippen LogP contribution in [0.25, 0.3) is 0 Å². The maximum atomic E-state index is 13.0. The van der Waals surface area contributed by atoms with Crippen LogP contribution in [0.3, 0.4) is 0 Å². The molecule has 0 bridgehead atoms. The Hall–Kier alpha value is -2.66. The van der Waals surface area contributed by atoms with Crippen LogP contribution >= 0.6 is 0 Å². The van der Waals surface area contributed by atoms with E-state index in [1.54, 1.807) is 0 Å². The minimum Gasteiger partial charge on any atom is -0.381 e. The number of aryl methyl sites for hydroxylation is 1. The lowest BCUT2D eigenvalue weighted by atomic mass is 9.98. The monoisotopic (exact) mass is 420 g/mol. The molecule has 1 atom stereocenters. The van der Waals surface area contributed by atoms with E-state index in [2.05, 4.69) is 18.3 Å². The fraction of sp³-hybridized carbons (Fsp3) is 0.462. The minimum absolute atomic E-state index is 0.0626. The van der Waals surface area contributed by atoms with Crippen molar-refractivity contribution in [2.24, 2.45) is 5.92 Å². The van der Waals surface area contributed by atoms with Gasteiger partial charge in [0, 0.05) is 36.9 Å². The van der Waals surface area contributed by atoms with E-state index in [0.29, 0.717) is 18.8 Å². The van der Waals surface area contributed by atoms with Gasteiger partial charge in [-0.25, -0.2) is 0 Å². The largest absolute Gasteiger partial charge is 0.381 e. The number of nitrogens with one attached hydrogen (secondary N) is 1. The van der Waals surface area contributed by atoms with Crippen LogP contribution in [0, 0.1) is 5.92 Å². The molecule has 2 heterocycles. The van der Waals surface area contributed by atoms with Crippen molar-refractivity contribution in [2.75, 3.05) is 24.7 Å². The number of carbonyl (C=O) groups is 2. The lowest BCUT2D eigenvalue weighted by Crippen LogP contribution is -2.37. The predicted octanol–water partition coefficient (Wildman–Crippen LogP) is 4.45. The number of rotatable bonds is 6. The molecule has 1 unspecified atom stereocenters. The van der Waals surface area contributed by atoms with Crippen molar-refractivity contribution < 1.29 is 14.3 Å². The number of nitrogens with zero attached hydrogens (tertiary/aromatic N) is 1. The number of ether oxygens (including phenoxy) is 1. The molecule has 5 heteroatoms. The van der Waals surface area contributed by atoms with Crippen LogP contribution in [0.2, 0.25) is 0 Å². The molecule has 2 amide bonds. The van der Waals surface area contributed by atoms with E-state index in [4.69, 9.17) is 4.74 Å². The molecule has 4 rings (SSSR count). The Morgan fingerprint density at radius 3 is 2.58 bits per heavy atom. The van der Waals surface area contributed by atoms with E-state index in [0.717, 1.165) is 49.9 Å². The van der Waals surface area contributed by atoms with Crippen molar-refractivity contribution >= 4 is 17.5 Å². The molecule has 164 valence electrons. The van der Waals surface area contributed by atoms with Crippen molar-refractivity contribution in [3.05, 3.63) is 64.7 Å². The second-order valence-electron chi connectivity index (χ2n) is 8.66. The summed E-state index contributed by atoms with van der Waals surface area (Å²) in [4.78, 5) is 27.6. The number of benzene rings is 2. The molecule has 1 fully saturated rings. The van der Waals surface area contributed by atoms with Crippen LogP contribution in [-0.2, 0) is 22.4 Å². The molecule has 5 nitrogen and oxygen atoms in total. The van der Waals surface area contributed by atoms with E-state index >= 15 is 0 Å². The van der Waals surface area contributed by atoms with Crippen LogP contribution in [0.5, 0.6) is 0 Å². The molecule has 2 aliphatic rings. The molecule has 2 aliphatic heterocycles. The van der Waals surface area contributed by atoms with Gasteiger partial charge in [-0.05, 0) is 67.5 Å². The Morgan fingerprint density at radius 1 is 1.13 bits per heavy atom. The molecule has 1 saturated heterocycles. The first-order chi connectivity index (χ1) is 15.1. The fourth-order valence-corrected chi connectivity index (χ4v) is 4.56. The molecule has 0 aliphatic carbocycles. The summed E-state index contributed by atoms with van der Waals surface area (Å²) in [7, 11) is 0. The van der Waals surface area contributed by atoms with Gasteiger partial charge < -0.3 is 15.0 Å². The normalized spacial score (nSPS) is 17.3. The number of carbonyl (C=O) groups excluding carboxylic acids is 2.